The highest BCUT2D eigenvalue weighted by molar-refractivity contribution is 5.94. The van der Waals surface area contributed by atoms with Crippen LogP contribution in [0.15, 0.2) is 18.2 Å². The maximum atomic E-state index is 12.5. The summed E-state index contributed by atoms with van der Waals surface area (Å²) in [5, 5.41) is 2.26. The molecule has 0 unspecified atom stereocenters. The number of benzene rings is 1. The van der Waals surface area contributed by atoms with Gasteiger partial charge in [0.05, 0.1) is 5.56 Å². The van der Waals surface area contributed by atoms with Crippen LogP contribution in [0.4, 0.5) is 13.2 Å². The van der Waals surface area contributed by atoms with Crippen molar-refractivity contribution in [1.29, 1.82) is 0 Å². The summed E-state index contributed by atoms with van der Waals surface area (Å²) >= 11 is 0. The molecule has 3 nitrogen and oxygen atoms in total. The Hall–Kier alpha value is -1.56. The van der Waals surface area contributed by atoms with Gasteiger partial charge in [0.15, 0.2) is 0 Å². The van der Waals surface area contributed by atoms with Crippen LogP contribution in [0, 0.1) is 0 Å². The Labute approximate surface area is 90.4 Å². The standard InChI is InChI=1S/C10H11F3N2O/c1-15-9(16)7-2-6(5-14)3-8(4-7)10(11,12)13/h2-4H,5,14H2,1H3,(H,15,16). The first-order valence-corrected chi connectivity index (χ1v) is 4.51. The molecule has 6 heteroatoms. The van der Waals surface area contributed by atoms with Gasteiger partial charge in [-0.05, 0) is 23.8 Å². The second kappa shape index (κ2) is 4.52. The molecule has 0 saturated heterocycles. The Balaban J connectivity index is 3.27. The van der Waals surface area contributed by atoms with Crippen molar-refractivity contribution in [3.8, 4) is 0 Å². The summed E-state index contributed by atoms with van der Waals surface area (Å²) in [4.78, 5) is 11.2. The molecular formula is C10H11F3N2O. The third-order valence-electron chi connectivity index (χ3n) is 2.05. The third kappa shape index (κ3) is 2.73. The third-order valence-corrected chi connectivity index (χ3v) is 2.05. The van der Waals surface area contributed by atoms with Crippen LogP contribution in [0.3, 0.4) is 0 Å². The van der Waals surface area contributed by atoms with E-state index in [1.807, 2.05) is 0 Å². The maximum Gasteiger partial charge on any atom is 0.416 e. The van der Waals surface area contributed by atoms with Crippen LogP contribution in [-0.4, -0.2) is 13.0 Å². The van der Waals surface area contributed by atoms with Gasteiger partial charge in [0.25, 0.3) is 5.91 Å². The molecule has 3 N–H and O–H groups in total. The van der Waals surface area contributed by atoms with Gasteiger partial charge in [-0.15, -0.1) is 0 Å². The Morgan fingerprint density at radius 2 is 2.00 bits per heavy atom. The molecule has 1 aromatic carbocycles. The molecule has 1 rings (SSSR count). The Kier molecular flexibility index (Phi) is 3.54. The number of nitrogens with one attached hydrogen (secondary N) is 1. The molecule has 0 atom stereocenters. The zero-order valence-corrected chi connectivity index (χ0v) is 8.56. The van der Waals surface area contributed by atoms with Gasteiger partial charge in [-0.3, -0.25) is 4.79 Å². The van der Waals surface area contributed by atoms with Crippen LogP contribution >= 0.6 is 0 Å². The number of rotatable bonds is 2. The van der Waals surface area contributed by atoms with Crippen LogP contribution in [-0.2, 0) is 12.7 Å². The largest absolute Gasteiger partial charge is 0.416 e. The number of hydrogen-bond acceptors (Lipinski definition) is 2. The lowest BCUT2D eigenvalue weighted by Gasteiger charge is -2.10. The molecule has 0 aliphatic carbocycles. The fourth-order valence-electron chi connectivity index (χ4n) is 1.25. The first-order valence-electron chi connectivity index (χ1n) is 4.51. The molecule has 0 fully saturated rings. The number of carbonyl (C=O) groups excluding carboxylic acids is 1. The summed E-state index contributed by atoms with van der Waals surface area (Å²) < 4.78 is 37.4. The normalized spacial score (nSPS) is 11.3. The molecule has 0 aliphatic rings. The quantitative estimate of drug-likeness (QED) is 0.812. The average Bonchev–Trinajstić information content (AvgIpc) is 2.26. The van der Waals surface area contributed by atoms with E-state index >= 15 is 0 Å². The summed E-state index contributed by atoms with van der Waals surface area (Å²) in [5.74, 6) is -0.569. The van der Waals surface area contributed by atoms with Crippen molar-refractivity contribution in [3.63, 3.8) is 0 Å². The van der Waals surface area contributed by atoms with Crippen molar-refractivity contribution in [1.82, 2.24) is 5.32 Å². The van der Waals surface area contributed by atoms with E-state index in [0.29, 0.717) is 0 Å². The highest BCUT2D eigenvalue weighted by atomic mass is 19.4. The lowest BCUT2D eigenvalue weighted by atomic mass is 10.0. The average molecular weight is 232 g/mol. The summed E-state index contributed by atoms with van der Waals surface area (Å²) in [6.07, 6.45) is -4.48. The van der Waals surface area contributed by atoms with E-state index in [1.165, 1.54) is 13.1 Å². The highest BCUT2D eigenvalue weighted by Crippen LogP contribution is 2.30. The van der Waals surface area contributed by atoms with Crippen LogP contribution in [0.2, 0.25) is 0 Å². The summed E-state index contributed by atoms with van der Waals surface area (Å²) in [6.45, 7) is -0.0477. The van der Waals surface area contributed by atoms with Crippen molar-refractivity contribution in [2.24, 2.45) is 5.73 Å². The first-order chi connectivity index (χ1) is 7.38. The fourth-order valence-corrected chi connectivity index (χ4v) is 1.25. The number of alkyl halides is 3. The van der Waals surface area contributed by atoms with Gasteiger partial charge in [0, 0.05) is 19.2 Å². The molecule has 16 heavy (non-hydrogen) atoms. The van der Waals surface area contributed by atoms with Crippen LogP contribution in [0.1, 0.15) is 21.5 Å². The van der Waals surface area contributed by atoms with Crippen molar-refractivity contribution in [2.45, 2.75) is 12.7 Å². The first kappa shape index (κ1) is 12.5. The van der Waals surface area contributed by atoms with E-state index in [4.69, 9.17) is 5.73 Å². The van der Waals surface area contributed by atoms with E-state index in [2.05, 4.69) is 5.32 Å². The van der Waals surface area contributed by atoms with E-state index in [9.17, 15) is 18.0 Å². The van der Waals surface area contributed by atoms with Gasteiger partial charge in [-0.2, -0.15) is 13.2 Å². The molecule has 0 aliphatic heterocycles. The number of nitrogens with two attached hydrogens (primary N) is 1. The second-order valence-electron chi connectivity index (χ2n) is 3.20. The minimum absolute atomic E-state index is 0.0437. The van der Waals surface area contributed by atoms with Gasteiger partial charge in [0.2, 0.25) is 0 Å². The fraction of sp³-hybridized carbons (Fsp3) is 0.300. The van der Waals surface area contributed by atoms with Crippen molar-refractivity contribution in [3.05, 3.63) is 34.9 Å². The Morgan fingerprint density at radius 3 is 2.44 bits per heavy atom. The topological polar surface area (TPSA) is 55.1 Å². The summed E-state index contributed by atoms with van der Waals surface area (Å²) in [5.41, 5.74) is 4.63. The van der Waals surface area contributed by atoms with Crippen LogP contribution < -0.4 is 11.1 Å². The smallest absolute Gasteiger partial charge is 0.355 e. The molecule has 88 valence electrons. The summed E-state index contributed by atoms with van der Waals surface area (Å²) in [7, 11) is 1.35. The number of hydrogen-bond donors (Lipinski definition) is 2. The molecule has 1 amide bonds. The van der Waals surface area contributed by atoms with Gasteiger partial charge in [-0.1, -0.05) is 0 Å². The lowest BCUT2D eigenvalue weighted by molar-refractivity contribution is -0.137. The lowest BCUT2D eigenvalue weighted by Crippen LogP contribution is -2.19. The molecule has 0 bridgehead atoms. The highest BCUT2D eigenvalue weighted by Gasteiger charge is 2.31. The molecule has 0 aromatic heterocycles. The maximum absolute atomic E-state index is 12.5. The zero-order chi connectivity index (χ0) is 12.3. The Bertz CT molecular complexity index is 402. The molecule has 0 radical (unpaired) electrons. The van der Waals surface area contributed by atoms with E-state index in [-0.39, 0.29) is 17.7 Å². The number of halogens is 3. The number of carbonyl (C=O) groups is 1. The molecule has 1 aromatic rings. The summed E-state index contributed by atoms with van der Waals surface area (Å²) in [6, 6.07) is 3.08. The molecule has 0 saturated carbocycles. The van der Waals surface area contributed by atoms with Crippen molar-refractivity contribution >= 4 is 5.91 Å². The molecule has 0 heterocycles. The molecule has 0 spiro atoms. The van der Waals surface area contributed by atoms with E-state index < -0.39 is 17.6 Å². The van der Waals surface area contributed by atoms with Crippen LogP contribution in [0.25, 0.3) is 0 Å². The van der Waals surface area contributed by atoms with Crippen molar-refractivity contribution < 1.29 is 18.0 Å². The van der Waals surface area contributed by atoms with Gasteiger partial charge >= 0.3 is 6.18 Å². The molecular weight excluding hydrogens is 221 g/mol. The minimum atomic E-state index is -4.48. The monoisotopic (exact) mass is 232 g/mol. The zero-order valence-electron chi connectivity index (χ0n) is 8.56. The van der Waals surface area contributed by atoms with Gasteiger partial charge in [0.1, 0.15) is 0 Å². The second-order valence-corrected chi connectivity index (χ2v) is 3.20. The van der Waals surface area contributed by atoms with E-state index in [1.54, 1.807) is 0 Å². The Morgan fingerprint density at radius 1 is 1.38 bits per heavy atom. The minimum Gasteiger partial charge on any atom is -0.355 e. The van der Waals surface area contributed by atoms with Crippen molar-refractivity contribution in [2.75, 3.05) is 7.05 Å². The predicted octanol–water partition coefficient (Wildman–Crippen LogP) is 1.52. The van der Waals surface area contributed by atoms with Crippen LogP contribution in [0.5, 0.6) is 0 Å². The predicted molar refractivity (Wildman–Crippen MR) is 52.7 cm³/mol. The SMILES string of the molecule is CNC(=O)c1cc(CN)cc(C(F)(F)F)c1. The number of amides is 1. The van der Waals surface area contributed by atoms with Gasteiger partial charge < -0.3 is 11.1 Å². The van der Waals surface area contributed by atoms with E-state index in [0.717, 1.165) is 12.1 Å². The van der Waals surface area contributed by atoms with Gasteiger partial charge in [-0.25, -0.2) is 0 Å².